The Balaban J connectivity index is 2.14. The average molecular weight is 313 g/mol. The minimum atomic E-state index is -0.582. The van der Waals surface area contributed by atoms with Crippen molar-refractivity contribution in [1.82, 2.24) is 9.55 Å². The molecule has 21 heavy (non-hydrogen) atoms. The molecule has 1 aromatic rings. The van der Waals surface area contributed by atoms with E-state index < -0.39 is 11.2 Å². The van der Waals surface area contributed by atoms with Gasteiger partial charge in [-0.05, 0) is 38.5 Å². The summed E-state index contributed by atoms with van der Waals surface area (Å²) in [6, 6.07) is 0. The van der Waals surface area contributed by atoms with E-state index in [4.69, 9.17) is 16.3 Å². The molecule has 1 saturated carbocycles. The Morgan fingerprint density at radius 3 is 2.62 bits per heavy atom. The van der Waals surface area contributed by atoms with E-state index >= 15 is 0 Å². The van der Waals surface area contributed by atoms with Gasteiger partial charge < -0.3 is 4.74 Å². The highest BCUT2D eigenvalue weighted by atomic mass is 35.5. The molecule has 0 bridgehead atoms. The van der Waals surface area contributed by atoms with Crippen LogP contribution in [0.3, 0.4) is 0 Å². The van der Waals surface area contributed by atoms with Crippen LogP contribution in [0.15, 0.2) is 9.59 Å². The van der Waals surface area contributed by atoms with Crippen molar-refractivity contribution in [1.29, 1.82) is 0 Å². The van der Waals surface area contributed by atoms with Crippen LogP contribution < -0.4 is 11.2 Å². The van der Waals surface area contributed by atoms with Gasteiger partial charge in [0.25, 0.3) is 5.56 Å². The quantitative estimate of drug-likeness (QED) is 0.853. The largest absolute Gasteiger partial charge is 0.379 e. The van der Waals surface area contributed by atoms with E-state index in [0.29, 0.717) is 18.8 Å². The number of rotatable bonds is 2. The SMILES string of the molecule is CC1(n2c(=O)[nH]c(Cl)c(C3CCCC3)c2=O)CCCOC1. The molecule has 116 valence electrons. The first-order chi connectivity index (χ1) is 10.0. The number of H-pyrrole nitrogens is 1. The van der Waals surface area contributed by atoms with Crippen LogP contribution in [0.5, 0.6) is 0 Å². The van der Waals surface area contributed by atoms with Crippen LogP contribution >= 0.6 is 11.6 Å². The molecule has 5 nitrogen and oxygen atoms in total. The second-order valence-electron chi connectivity index (χ2n) is 6.43. The van der Waals surface area contributed by atoms with Crippen molar-refractivity contribution in [3.8, 4) is 0 Å². The summed E-state index contributed by atoms with van der Waals surface area (Å²) in [7, 11) is 0. The third-order valence-electron chi connectivity index (χ3n) is 4.81. The Bertz CT molecular complexity index is 637. The highest BCUT2D eigenvalue weighted by Gasteiger charge is 2.35. The van der Waals surface area contributed by atoms with E-state index in [2.05, 4.69) is 4.98 Å². The van der Waals surface area contributed by atoms with Crippen molar-refractivity contribution in [2.24, 2.45) is 0 Å². The molecule has 0 aromatic carbocycles. The van der Waals surface area contributed by atoms with Crippen LogP contribution in [0.4, 0.5) is 0 Å². The Morgan fingerprint density at radius 2 is 2.00 bits per heavy atom. The van der Waals surface area contributed by atoms with E-state index in [1.54, 1.807) is 0 Å². The second-order valence-corrected chi connectivity index (χ2v) is 6.81. The maximum absolute atomic E-state index is 12.9. The molecule has 3 rings (SSSR count). The van der Waals surface area contributed by atoms with Crippen LogP contribution in [0, 0.1) is 0 Å². The summed E-state index contributed by atoms with van der Waals surface area (Å²) in [5.41, 5.74) is -0.662. The zero-order chi connectivity index (χ0) is 15.0. The van der Waals surface area contributed by atoms with Gasteiger partial charge in [-0.2, -0.15) is 0 Å². The van der Waals surface area contributed by atoms with Crippen LogP contribution in [-0.4, -0.2) is 22.8 Å². The molecule has 2 heterocycles. The first-order valence-electron chi connectivity index (χ1n) is 7.66. The molecule has 1 aliphatic heterocycles. The van der Waals surface area contributed by atoms with Gasteiger partial charge in [-0.15, -0.1) is 0 Å². The third kappa shape index (κ3) is 2.57. The molecular formula is C15H21ClN2O3. The lowest BCUT2D eigenvalue weighted by atomic mass is 9.93. The molecule has 1 aliphatic carbocycles. The predicted molar refractivity (Wildman–Crippen MR) is 81.2 cm³/mol. The molecule has 1 saturated heterocycles. The summed E-state index contributed by atoms with van der Waals surface area (Å²) in [6.07, 6.45) is 5.77. The first-order valence-corrected chi connectivity index (χ1v) is 8.04. The van der Waals surface area contributed by atoms with Gasteiger partial charge in [0, 0.05) is 6.61 Å². The fraction of sp³-hybridized carbons (Fsp3) is 0.733. The number of ether oxygens (including phenoxy) is 1. The Kier molecular flexibility index (Phi) is 3.97. The number of aromatic nitrogens is 2. The second kappa shape index (κ2) is 5.61. The van der Waals surface area contributed by atoms with Crippen molar-refractivity contribution in [3.05, 3.63) is 31.6 Å². The van der Waals surface area contributed by atoms with Crippen LogP contribution in [0.25, 0.3) is 0 Å². The zero-order valence-electron chi connectivity index (χ0n) is 12.3. The van der Waals surface area contributed by atoms with E-state index in [-0.39, 0.29) is 16.6 Å². The average Bonchev–Trinajstić information content (AvgIpc) is 2.92. The van der Waals surface area contributed by atoms with Crippen molar-refractivity contribution in [3.63, 3.8) is 0 Å². The Hall–Kier alpha value is -1.07. The number of aromatic amines is 1. The van der Waals surface area contributed by atoms with E-state index in [1.165, 1.54) is 4.57 Å². The van der Waals surface area contributed by atoms with Crippen molar-refractivity contribution in [2.45, 2.75) is 56.9 Å². The fourth-order valence-electron chi connectivity index (χ4n) is 3.68. The van der Waals surface area contributed by atoms with Gasteiger partial charge in [0.05, 0.1) is 17.7 Å². The number of halogens is 1. The lowest BCUT2D eigenvalue weighted by Gasteiger charge is -2.34. The summed E-state index contributed by atoms with van der Waals surface area (Å²) in [5.74, 6) is 0.168. The van der Waals surface area contributed by atoms with Crippen LogP contribution in [0.1, 0.15) is 56.9 Å². The molecule has 1 N–H and O–H groups in total. The van der Waals surface area contributed by atoms with Crippen molar-refractivity contribution in [2.75, 3.05) is 13.2 Å². The molecule has 0 amide bonds. The van der Waals surface area contributed by atoms with Gasteiger partial charge in [0.2, 0.25) is 0 Å². The number of hydrogen-bond donors (Lipinski definition) is 1. The summed E-state index contributed by atoms with van der Waals surface area (Å²) >= 11 is 6.17. The molecular weight excluding hydrogens is 292 g/mol. The maximum atomic E-state index is 12.9. The summed E-state index contributed by atoms with van der Waals surface area (Å²) in [6.45, 7) is 2.99. The summed E-state index contributed by atoms with van der Waals surface area (Å²) in [5, 5.41) is 0.216. The molecule has 1 aromatic heterocycles. The molecule has 2 fully saturated rings. The monoisotopic (exact) mass is 312 g/mol. The minimum Gasteiger partial charge on any atom is -0.379 e. The molecule has 6 heteroatoms. The lowest BCUT2D eigenvalue weighted by molar-refractivity contribution is 0.00546. The van der Waals surface area contributed by atoms with Crippen molar-refractivity contribution >= 4 is 11.6 Å². The smallest absolute Gasteiger partial charge is 0.330 e. The number of nitrogens with zero attached hydrogens (tertiary/aromatic N) is 1. The summed E-state index contributed by atoms with van der Waals surface area (Å²) in [4.78, 5) is 27.9. The zero-order valence-corrected chi connectivity index (χ0v) is 13.0. The van der Waals surface area contributed by atoms with E-state index in [0.717, 1.165) is 38.5 Å². The topological polar surface area (TPSA) is 64.1 Å². The van der Waals surface area contributed by atoms with Crippen molar-refractivity contribution < 1.29 is 4.74 Å². The Morgan fingerprint density at radius 1 is 1.29 bits per heavy atom. The van der Waals surface area contributed by atoms with Crippen LogP contribution in [0.2, 0.25) is 5.15 Å². The standard InChI is InChI=1S/C15H21ClN2O3/c1-15(7-4-8-21-9-15)18-13(19)11(10-5-2-3-6-10)12(16)17-14(18)20/h10H,2-9H2,1H3,(H,17,20). The third-order valence-corrected chi connectivity index (χ3v) is 5.11. The number of hydrogen-bond acceptors (Lipinski definition) is 3. The lowest BCUT2D eigenvalue weighted by Crippen LogP contribution is -2.53. The fourth-order valence-corrected chi connectivity index (χ4v) is 3.99. The normalized spacial score (nSPS) is 27.1. The first kappa shape index (κ1) is 14.9. The molecule has 0 spiro atoms. The molecule has 1 unspecified atom stereocenters. The molecule has 0 radical (unpaired) electrons. The predicted octanol–water partition coefficient (Wildman–Crippen LogP) is 2.37. The van der Waals surface area contributed by atoms with Gasteiger partial charge in [-0.3, -0.25) is 14.3 Å². The van der Waals surface area contributed by atoms with Gasteiger partial charge in [-0.25, -0.2) is 4.79 Å². The Labute approximate surface area is 128 Å². The van der Waals surface area contributed by atoms with Gasteiger partial charge in [-0.1, -0.05) is 24.4 Å². The van der Waals surface area contributed by atoms with E-state index in [9.17, 15) is 9.59 Å². The molecule has 1 atom stereocenters. The minimum absolute atomic E-state index is 0.168. The van der Waals surface area contributed by atoms with Gasteiger partial charge in [0.15, 0.2) is 0 Å². The summed E-state index contributed by atoms with van der Waals surface area (Å²) < 4.78 is 6.84. The molecule has 2 aliphatic rings. The van der Waals surface area contributed by atoms with Gasteiger partial charge >= 0.3 is 5.69 Å². The van der Waals surface area contributed by atoms with Crippen LogP contribution in [-0.2, 0) is 10.3 Å². The van der Waals surface area contributed by atoms with E-state index in [1.807, 2.05) is 6.92 Å². The van der Waals surface area contributed by atoms with Gasteiger partial charge in [0.1, 0.15) is 5.15 Å². The highest BCUT2D eigenvalue weighted by Crippen LogP contribution is 2.35. The highest BCUT2D eigenvalue weighted by molar-refractivity contribution is 6.30. The number of nitrogens with one attached hydrogen (secondary N) is 1. The maximum Gasteiger partial charge on any atom is 0.330 e.